The molecule has 0 aromatic carbocycles. The molecule has 6 nitrogen and oxygen atoms in total. The third kappa shape index (κ3) is 2.51. The Morgan fingerprint density at radius 2 is 2.39 bits per heavy atom. The van der Waals surface area contributed by atoms with Crippen molar-refractivity contribution in [1.82, 2.24) is 24.8 Å². The zero-order valence-corrected chi connectivity index (χ0v) is 11.1. The maximum atomic E-state index is 11.4. The van der Waals surface area contributed by atoms with Gasteiger partial charge in [-0.05, 0) is 24.4 Å². The first-order valence-electron chi connectivity index (χ1n) is 5.58. The normalized spacial score (nSPS) is 10.6. The van der Waals surface area contributed by atoms with Crippen LogP contribution < -0.4 is 5.32 Å². The number of fused-ring (bicyclic) bond motifs is 1. The summed E-state index contributed by atoms with van der Waals surface area (Å²) in [5, 5.41) is 2.79. The standard InChI is InChI=1S/C11H15N5OS/c1-15(2)10(17)13-6-7-16-9-8(14-11(16)18)4-3-5-12-9/h3-5H,6-7H2,1-2H3,(H,13,17)(H,14,18). The van der Waals surface area contributed by atoms with E-state index in [-0.39, 0.29) is 6.03 Å². The largest absolute Gasteiger partial charge is 0.336 e. The van der Waals surface area contributed by atoms with Crippen molar-refractivity contribution in [2.24, 2.45) is 0 Å². The number of carbonyl (C=O) groups is 1. The van der Waals surface area contributed by atoms with Crippen molar-refractivity contribution >= 4 is 29.4 Å². The van der Waals surface area contributed by atoms with Crippen LogP contribution in [0.5, 0.6) is 0 Å². The number of aromatic amines is 1. The molecule has 0 atom stereocenters. The van der Waals surface area contributed by atoms with E-state index >= 15 is 0 Å². The Morgan fingerprint density at radius 1 is 1.61 bits per heavy atom. The number of hydrogen-bond acceptors (Lipinski definition) is 3. The number of amides is 2. The minimum atomic E-state index is -0.116. The number of rotatable bonds is 3. The van der Waals surface area contributed by atoms with Gasteiger partial charge in [0.25, 0.3) is 0 Å². The first-order chi connectivity index (χ1) is 8.59. The second-order valence-electron chi connectivity index (χ2n) is 4.08. The molecule has 7 heteroatoms. The summed E-state index contributed by atoms with van der Waals surface area (Å²) in [5.41, 5.74) is 1.71. The molecule has 0 aliphatic carbocycles. The van der Waals surface area contributed by atoms with Gasteiger partial charge in [-0.3, -0.25) is 4.57 Å². The van der Waals surface area contributed by atoms with Crippen LogP contribution in [0.15, 0.2) is 18.3 Å². The van der Waals surface area contributed by atoms with Gasteiger partial charge in [-0.15, -0.1) is 0 Å². The van der Waals surface area contributed by atoms with Crippen LogP contribution >= 0.6 is 12.2 Å². The van der Waals surface area contributed by atoms with Crippen LogP contribution in [-0.2, 0) is 6.54 Å². The topological polar surface area (TPSA) is 66.0 Å². The van der Waals surface area contributed by atoms with Gasteiger partial charge in [-0.25, -0.2) is 9.78 Å². The summed E-state index contributed by atoms with van der Waals surface area (Å²) in [7, 11) is 3.41. The maximum absolute atomic E-state index is 11.4. The molecule has 2 amide bonds. The molecule has 2 aromatic rings. The van der Waals surface area contributed by atoms with Crippen LogP contribution in [0.25, 0.3) is 11.2 Å². The highest BCUT2D eigenvalue weighted by Crippen LogP contribution is 2.09. The van der Waals surface area contributed by atoms with Crippen molar-refractivity contribution in [3.8, 4) is 0 Å². The molecule has 2 rings (SSSR count). The quantitative estimate of drug-likeness (QED) is 0.824. The van der Waals surface area contributed by atoms with Gasteiger partial charge in [0.05, 0.1) is 5.52 Å². The SMILES string of the molecule is CN(C)C(=O)NCCn1c(=S)[nH]c2cccnc21. The van der Waals surface area contributed by atoms with Crippen LogP contribution in [0.2, 0.25) is 0 Å². The third-order valence-corrected chi connectivity index (χ3v) is 2.87. The number of H-pyrrole nitrogens is 1. The molecule has 0 fully saturated rings. The zero-order valence-electron chi connectivity index (χ0n) is 10.3. The summed E-state index contributed by atoms with van der Waals surface area (Å²) in [6.45, 7) is 1.10. The zero-order chi connectivity index (χ0) is 13.1. The third-order valence-electron chi connectivity index (χ3n) is 2.55. The highest BCUT2D eigenvalue weighted by molar-refractivity contribution is 7.71. The molecule has 2 aromatic heterocycles. The van der Waals surface area contributed by atoms with Gasteiger partial charge in [0.15, 0.2) is 10.4 Å². The summed E-state index contributed by atoms with van der Waals surface area (Å²) in [6, 6.07) is 3.66. The Bertz CT molecular complexity index is 615. The lowest BCUT2D eigenvalue weighted by molar-refractivity contribution is 0.217. The summed E-state index contributed by atoms with van der Waals surface area (Å²) in [4.78, 5) is 20.2. The van der Waals surface area contributed by atoms with E-state index in [2.05, 4.69) is 15.3 Å². The van der Waals surface area contributed by atoms with Crippen molar-refractivity contribution in [2.45, 2.75) is 6.54 Å². The Morgan fingerprint density at radius 3 is 3.11 bits per heavy atom. The van der Waals surface area contributed by atoms with E-state index in [1.54, 1.807) is 20.3 Å². The number of nitrogens with zero attached hydrogens (tertiary/aromatic N) is 3. The van der Waals surface area contributed by atoms with Crippen LogP contribution in [-0.4, -0.2) is 46.1 Å². The fraction of sp³-hybridized carbons (Fsp3) is 0.364. The summed E-state index contributed by atoms with van der Waals surface area (Å²) < 4.78 is 2.49. The summed E-state index contributed by atoms with van der Waals surface area (Å²) in [5.74, 6) is 0. The van der Waals surface area contributed by atoms with E-state index in [9.17, 15) is 4.79 Å². The lowest BCUT2D eigenvalue weighted by atomic mass is 10.4. The molecule has 0 bridgehead atoms. The fourth-order valence-corrected chi connectivity index (χ4v) is 1.92. The Balaban J connectivity index is 2.10. The molecule has 0 aliphatic rings. The highest BCUT2D eigenvalue weighted by Gasteiger charge is 2.06. The van der Waals surface area contributed by atoms with E-state index in [4.69, 9.17) is 12.2 Å². The molecule has 0 unspecified atom stereocenters. The molecular formula is C11H15N5OS. The van der Waals surface area contributed by atoms with Gasteiger partial charge in [-0.2, -0.15) is 0 Å². The predicted octanol–water partition coefficient (Wildman–Crippen LogP) is 1.37. The Kier molecular flexibility index (Phi) is 3.61. The minimum Gasteiger partial charge on any atom is -0.336 e. The van der Waals surface area contributed by atoms with Crippen LogP contribution in [0.1, 0.15) is 0 Å². The minimum absolute atomic E-state index is 0.116. The first-order valence-corrected chi connectivity index (χ1v) is 5.99. The van der Waals surface area contributed by atoms with E-state index in [0.29, 0.717) is 17.9 Å². The number of nitrogens with one attached hydrogen (secondary N) is 2. The lowest BCUT2D eigenvalue weighted by Gasteiger charge is -2.12. The lowest BCUT2D eigenvalue weighted by Crippen LogP contribution is -2.36. The molecule has 0 spiro atoms. The number of hydrogen-bond donors (Lipinski definition) is 2. The van der Waals surface area contributed by atoms with Crippen LogP contribution in [0, 0.1) is 4.77 Å². The second kappa shape index (κ2) is 5.18. The molecule has 0 aliphatic heterocycles. The Labute approximate surface area is 110 Å². The van der Waals surface area contributed by atoms with Gasteiger partial charge in [0.1, 0.15) is 0 Å². The molecule has 18 heavy (non-hydrogen) atoms. The van der Waals surface area contributed by atoms with Gasteiger partial charge in [0.2, 0.25) is 0 Å². The molecule has 2 heterocycles. The maximum Gasteiger partial charge on any atom is 0.316 e. The van der Waals surface area contributed by atoms with Gasteiger partial charge in [0, 0.05) is 33.4 Å². The fourth-order valence-electron chi connectivity index (χ4n) is 1.63. The number of carbonyl (C=O) groups excluding carboxylic acids is 1. The second-order valence-corrected chi connectivity index (χ2v) is 4.47. The molecular weight excluding hydrogens is 250 g/mol. The number of pyridine rings is 1. The van der Waals surface area contributed by atoms with Crippen molar-refractivity contribution in [2.75, 3.05) is 20.6 Å². The van der Waals surface area contributed by atoms with E-state index in [1.807, 2.05) is 16.7 Å². The molecule has 96 valence electrons. The summed E-state index contributed by atoms with van der Waals surface area (Å²) in [6.07, 6.45) is 1.72. The van der Waals surface area contributed by atoms with Gasteiger partial charge in [-0.1, -0.05) is 0 Å². The van der Waals surface area contributed by atoms with Gasteiger partial charge < -0.3 is 15.2 Å². The summed E-state index contributed by atoms with van der Waals surface area (Å²) >= 11 is 5.23. The number of aromatic nitrogens is 3. The smallest absolute Gasteiger partial charge is 0.316 e. The highest BCUT2D eigenvalue weighted by atomic mass is 32.1. The van der Waals surface area contributed by atoms with E-state index < -0.39 is 0 Å². The first kappa shape index (κ1) is 12.6. The molecule has 0 radical (unpaired) electrons. The van der Waals surface area contributed by atoms with Crippen LogP contribution in [0.4, 0.5) is 4.79 Å². The average molecular weight is 265 g/mol. The van der Waals surface area contributed by atoms with E-state index in [1.165, 1.54) is 4.90 Å². The van der Waals surface area contributed by atoms with Crippen LogP contribution in [0.3, 0.4) is 0 Å². The van der Waals surface area contributed by atoms with Gasteiger partial charge >= 0.3 is 6.03 Å². The van der Waals surface area contributed by atoms with Crippen molar-refractivity contribution in [3.63, 3.8) is 0 Å². The monoisotopic (exact) mass is 265 g/mol. The average Bonchev–Trinajstić information content (AvgIpc) is 2.65. The number of imidazole rings is 1. The van der Waals surface area contributed by atoms with E-state index in [0.717, 1.165) is 11.2 Å². The van der Waals surface area contributed by atoms with Crippen molar-refractivity contribution < 1.29 is 4.79 Å². The molecule has 0 saturated carbocycles. The number of urea groups is 1. The Hall–Kier alpha value is -1.89. The predicted molar refractivity (Wildman–Crippen MR) is 72.0 cm³/mol. The van der Waals surface area contributed by atoms with Crippen molar-refractivity contribution in [1.29, 1.82) is 0 Å². The molecule has 0 saturated heterocycles. The molecule has 2 N–H and O–H groups in total. The van der Waals surface area contributed by atoms with Crippen molar-refractivity contribution in [3.05, 3.63) is 23.1 Å².